The number of rotatable bonds is 2. The zero-order valence-electron chi connectivity index (χ0n) is 9.10. The summed E-state index contributed by atoms with van der Waals surface area (Å²) in [6.07, 6.45) is 1.74. The lowest BCUT2D eigenvalue weighted by Gasteiger charge is -2.20. The largest absolute Gasteiger partial charge is 0.322 e. The molecule has 2 heterocycles. The van der Waals surface area contributed by atoms with Gasteiger partial charge in [-0.25, -0.2) is 13.2 Å². The van der Waals surface area contributed by atoms with Crippen molar-refractivity contribution in [3.63, 3.8) is 0 Å². The molecule has 1 unspecified atom stereocenters. The molecule has 3 amide bonds. The van der Waals surface area contributed by atoms with E-state index in [0.717, 1.165) is 0 Å². The molecule has 0 bridgehead atoms. The van der Waals surface area contributed by atoms with Crippen LogP contribution >= 0.6 is 0 Å². The number of sulfonamides is 1. The van der Waals surface area contributed by atoms with E-state index in [4.69, 9.17) is 0 Å². The van der Waals surface area contributed by atoms with Gasteiger partial charge in [0, 0.05) is 13.1 Å². The molecule has 2 aliphatic heterocycles. The van der Waals surface area contributed by atoms with Gasteiger partial charge in [-0.2, -0.15) is 4.31 Å². The second kappa shape index (κ2) is 3.20. The van der Waals surface area contributed by atoms with E-state index in [9.17, 15) is 18.0 Å². The van der Waals surface area contributed by atoms with Gasteiger partial charge in [0.15, 0.2) is 0 Å². The summed E-state index contributed by atoms with van der Waals surface area (Å²) >= 11 is 0. The van der Waals surface area contributed by atoms with Gasteiger partial charge in [-0.15, -0.1) is 0 Å². The molecule has 94 valence electrons. The average molecular weight is 259 g/mol. The van der Waals surface area contributed by atoms with Crippen LogP contribution in [0.2, 0.25) is 0 Å². The molecule has 3 aliphatic rings. The van der Waals surface area contributed by atoms with Gasteiger partial charge in [0.25, 0.3) is 5.91 Å². The highest BCUT2D eigenvalue weighted by Gasteiger charge is 2.54. The normalized spacial score (nSPS) is 34.1. The third kappa shape index (κ3) is 1.54. The van der Waals surface area contributed by atoms with Gasteiger partial charge in [0.05, 0.1) is 5.25 Å². The van der Waals surface area contributed by atoms with Crippen LogP contribution in [0.3, 0.4) is 0 Å². The summed E-state index contributed by atoms with van der Waals surface area (Å²) < 4.78 is 25.3. The van der Waals surface area contributed by atoms with Crippen molar-refractivity contribution in [1.82, 2.24) is 14.9 Å². The Morgan fingerprint density at radius 1 is 1.29 bits per heavy atom. The van der Waals surface area contributed by atoms with Gasteiger partial charge in [-0.05, 0) is 19.3 Å². The summed E-state index contributed by atoms with van der Waals surface area (Å²) in [5.74, 6) is -0.420. The van der Waals surface area contributed by atoms with Gasteiger partial charge < -0.3 is 5.32 Å². The molecule has 1 spiro atoms. The quantitative estimate of drug-likeness (QED) is 0.606. The number of nitrogens with zero attached hydrogens (tertiary/aromatic N) is 1. The molecule has 2 N–H and O–H groups in total. The van der Waals surface area contributed by atoms with E-state index in [0.29, 0.717) is 25.8 Å². The molecule has 8 heteroatoms. The van der Waals surface area contributed by atoms with Crippen molar-refractivity contribution in [3.8, 4) is 0 Å². The molecule has 1 atom stereocenters. The Balaban J connectivity index is 1.82. The summed E-state index contributed by atoms with van der Waals surface area (Å²) in [5, 5.41) is 4.41. The van der Waals surface area contributed by atoms with E-state index < -0.39 is 27.5 Å². The standard InChI is InChI=1S/C9H13N3O4S/c13-7-9(11-8(14)10-7)3-4-12(5-9)17(15,16)6-1-2-6/h6H,1-5H2,(H2,10,11,13,14). The number of hydrogen-bond donors (Lipinski definition) is 2. The maximum atomic E-state index is 12.0. The number of carbonyl (C=O) groups excluding carboxylic acids is 2. The first-order chi connectivity index (χ1) is 7.94. The second-order valence-electron chi connectivity index (χ2n) is 4.82. The Kier molecular flexibility index (Phi) is 2.06. The van der Waals surface area contributed by atoms with E-state index in [1.54, 1.807) is 0 Å². The summed E-state index contributed by atoms with van der Waals surface area (Å²) in [4.78, 5) is 22.8. The number of urea groups is 1. The van der Waals surface area contributed by atoms with E-state index in [1.807, 2.05) is 0 Å². The maximum absolute atomic E-state index is 12.0. The lowest BCUT2D eigenvalue weighted by molar-refractivity contribution is -0.123. The Morgan fingerprint density at radius 3 is 2.53 bits per heavy atom. The lowest BCUT2D eigenvalue weighted by atomic mass is 10.00. The smallest absolute Gasteiger partial charge is 0.322 e. The third-order valence-corrected chi connectivity index (χ3v) is 5.90. The van der Waals surface area contributed by atoms with Crippen molar-refractivity contribution >= 4 is 22.0 Å². The van der Waals surface area contributed by atoms with Crippen LogP contribution in [0, 0.1) is 0 Å². The predicted octanol–water partition coefficient (Wildman–Crippen LogP) is -1.24. The van der Waals surface area contributed by atoms with E-state index >= 15 is 0 Å². The molecule has 2 saturated heterocycles. The average Bonchev–Trinajstić information content (AvgIpc) is 2.96. The van der Waals surface area contributed by atoms with Crippen LogP contribution in [0.5, 0.6) is 0 Å². The first-order valence-electron chi connectivity index (χ1n) is 5.57. The topological polar surface area (TPSA) is 95.6 Å². The van der Waals surface area contributed by atoms with Crippen molar-refractivity contribution in [2.24, 2.45) is 0 Å². The molecule has 3 fully saturated rings. The molecule has 0 aromatic carbocycles. The summed E-state index contributed by atoms with van der Waals surface area (Å²) in [6, 6.07) is -0.541. The second-order valence-corrected chi connectivity index (χ2v) is 7.03. The number of carbonyl (C=O) groups is 2. The van der Waals surface area contributed by atoms with Crippen LogP contribution in [0.4, 0.5) is 4.79 Å². The number of imide groups is 1. The highest BCUT2D eigenvalue weighted by molar-refractivity contribution is 7.90. The first-order valence-corrected chi connectivity index (χ1v) is 7.07. The molecule has 17 heavy (non-hydrogen) atoms. The fourth-order valence-corrected chi connectivity index (χ4v) is 4.28. The summed E-state index contributed by atoms with van der Waals surface area (Å²) in [5.41, 5.74) is -1.04. The van der Waals surface area contributed by atoms with Gasteiger partial charge >= 0.3 is 6.03 Å². The third-order valence-electron chi connectivity index (χ3n) is 3.55. The van der Waals surface area contributed by atoms with Crippen molar-refractivity contribution in [3.05, 3.63) is 0 Å². The maximum Gasteiger partial charge on any atom is 0.322 e. The fraction of sp³-hybridized carbons (Fsp3) is 0.778. The van der Waals surface area contributed by atoms with Crippen molar-refractivity contribution < 1.29 is 18.0 Å². The molecule has 7 nitrogen and oxygen atoms in total. The van der Waals surface area contributed by atoms with Crippen molar-refractivity contribution in [2.75, 3.05) is 13.1 Å². The molecule has 3 rings (SSSR count). The monoisotopic (exact) mass is 259 g/mol. The highest BCUT2D eigenvalue weighted by Crippen LogP contribution is 2.35. The number of amides is 3. The molecule has 0 aromatic heterocycles. The number of nitrogens with one attached hydrogen (secondary N) is 2. The van der Waals surface area contributed by atoms with Crippen LogP contribution in [-0.4, -0.2) is 48.5 Å². The SMILES string of the molecule is O=C1NC(=O)C2(CCN(S(=O)(=O)C3CC3)C2)N1. The van der Waals surface area contributed by atoms with Gasteiger partial charge in [0.2, 0.25) is 10.0 Å². The van der Waals surface area contributed by atoms with Crippen molar-refractivity contribution in [2.45, 2.75) is 30.1 Å². The number of hydrogen-bond acceptors (Lipinski definition) is 4. The minimum Gasteiger partial charge on any atom is -0.322 e. The summed E-state index contributed by atoms with van der Waals surface area (Å²) in [7, 11) is -3.27. The van der Waals surface area contributed by atoms with Crippen LogP contribution < -0.4 is 10.6 Å². The van der Waals surface area contributed by atoms with Crippen LogP contribution in [0.15, 0.2) is 0 Å². The zero-order chi connectivity index (χ0) is 12.3. The van der Waals surface area contributed by atoms with Crippen LogP contribution in [0.25, 0.3) is 0 Å². The molecule has 0 aromatic rings. The van der Waals surface area contributed by atoms with Crippen LogP contribution in [0.1, 0.15) is 19.3 Å². The van der Waals surface area contributed by atoms with Gasteiger partial charge in [-0.3, -0.25) is 10.1 Å². The van der Waals surface area contributed by atoms with Gasteiger partial charge in [-0.1, -0.05) is 0 Å². The Labute approximate surface area is 98.6 Å². The fourth-order valence-electron chi connectivity index (χ4n) is 2.38. The predicted molar refractivity (Wildman–Crippen MR) is 57.5 cm³/mol. The summed E-state index contributed by atoms with van der Waals surface area (Å²) in [6.45, 7) is 0.357. The first kappa shape index (κ1) is 11.0. The van der Waals surface area contributed by atoms with Gasteiger partial charge in [0.1, 0.15) is 5.54 Å². The van der Waals surface area contributed by atoms with Crippen LogP contribution in [-0.2, 0) is 14.8 Å². The Bertz CT molecular complexity index is 498. The highest BCUT2D eigenvalue weighted by atomic mass is 32.2. The van der Waals surface area contributed by atoms with Crippen molar-refractivity contribution in [1.29, 1.82) is 0 Å². The molecule has 0 radical (unpaired) electrons. The molecular formula is C9H13N3O4S. The van der Waals surface area contributed by atoms with E-state index in [1.165, 1.54) is 4.31 Å². The molecule has 1 saturated carbocycles. The minimum absolute atomic E-state index is 0.0589. The molecule has 1 aliphatic carbocycles. The zero-order valence-corrected chi connectivity index (χ0v) is 9.92. The van der Waals surface area contributed by atoms with E-state index in [-0.39, 0.29) is 11.8 Å². The Morgan fingerprint density at radius 2 is 2.00 bits per heavy atom. The lowest BCUT2D eigenvalue weighted by Crippen LogP contribution is -2.49. The minimum atomic E-state index is -3.27. The van der Waals surface area contributed by atoms with E-state index in [2.05, 4.69) is 10.6 Å². The molecular weight excluding hydrogens is 246 g/mol. The Hall–Kier alpha value is -1.15.